The summed E-state index contributed by atoms with van der Waals surface area (Å²) in [7, 11) is 3.72. The van der Waals surface area contributed by atoms with Crippen LogP contribution in [-0.4, -0.2) is 56.8 Å². The number of likely N-dealkylation sites (N-methyl/N-ethyl adjacent to an activating group) is 1. The van der Waals surface area contributed by atoms with Crippen LogP contribution in [0.2, 0.25) is 0 Å². The molecule has 0 spiro atoms. The van der Waals surface area contributed by atoms with Gasteiger partial charge in [0.2, 0.25) is 5.78 Å². The van der Waals surface area contributed by atoms with Gasteiger partial charge in [0.1, 0.15) is 5.69 Å². The summed E-state index contributed by atoms with van der Waals surface area (Å²) in [6.45, 7) is 0.948. The average Bonchev–Trinajstić information content (AvgIpc) is 2.58. The second-order valence-corrected chi connectivity index (χ2v) is 5.69. The molecule has 0 aromatic carbocycles. The first-order chi connectivity index (χ1) is 7.61. The molecule has 2 heterocycles. The summed E-state index contributed by atoms with van der Waals surface area (Å²) in [4.78, 5) is 14.4. The third-order valence-electron chi connectivity index (χ3n) is 2.72. The summed E-state index contributed by atoms with van der Waals surface area (Å²) in [5, 5.41) is 7.67. The zero-order valence-electron chi connectivity index (χ0n) is 9.18. The van der Waals surface area contributed by atoms with E-state index in [4.69, 9.17) is 0 Å². The smallest absolute Gasteiger partial charge is 0.201 e. The molecular weight excluding hydrogens is 292 g/mol. The van der Waals surface area contributed by atoms with Crippen LogP contribution in [-0.2, 0) is 7.05 Å². The molecule has 1 aliphatic rings. The first-order valence-electron chi connectivity index (χ1n) is 4.98. The third-order valence-corrected chi connectivity index (χ3v) is 4.27. The van der Waals surface area contributed by atoms with E-state index in [2.05, 4.69) is 31.1 Å². The van der Waals surface area contributed by atoms with Gasteiger partial charge in [-0.3, -0.25) is 9.69 Å². The van der Waals surface area contributed by atoms with Crippen molar-refractivity contribution in [2.75, 3.05) is 25.1 Å². The van der Waals surface area contributed by atoms with Crippen molar-refractivity contribution < 1.29 is 4.79 Å². The lowest BCUT2D eigenvalue weighted by Crippen LogP contribution is -2.45. The number of ketones is 1. The van der Waals surface area contributed by atoms with Crippen molar-refractivity contribution in [3.05, 3.63) is 10.3 Å². The molecule has 1 saturated heterocycles. The number of rotatable bonds is 2. The maximum atomic E-state index is 12.3. The monoisotopic (exact) mass is 304 g/mol. The minimum absolute atomic E-state index is 0.0627. The first-order valence-corrected chi connectivity index (χ1v) is 6.93. The zero-order valence-corrected chi connectivity index (χ0v) is 11.6. The van der Waals surface area contributed by atoms with Crippen LogP contribution in [0.4, 0.5) is 0 Å². The van der Waals surface area contributed by atoms with Gasteiger partial charge < -0.3 is 0 Å². The number of aryl methyl sites for hydroxylation is 1. The van der Waals surface area contributed by atoms with Gasteiger partial charge in [0.25, 0.3) is 0 Å². The van der Waals surface area contributed by atoms with E-state index in [9.17, 15) is 4.79 Å². The Morgan fingerprint density at radius 2 is 2.31 bits per heavy atom. The Labute approximate surface area is 107 Å². The van der Waals surface area contributed by atoms with Crippen molar-refractivity contribution in [2.24, 2.45) is 7.05 Å². The fourth-order valence-corrected chi connectivity index (χ4v) is 3.45. The molecule has 1 atom stereocenters. The minimum Gasteiger partial charge on any atom is -0.295 e. The number of Topliss-reactive ketones (excluding diaryl/α,β-unsaturated/α-hetero) is 1. The van der Waals surface area contributed by atoms with Crippen molar-refractivity contribution in [3.8, 4) is 0 Å². The van der Waals surface area contributed by atoms with Crippen molar-refractivity contribution in [2.45, 2.75) is 6.04 Å². The molecule has 0 N–H and O–H groups in total. The summed E-state index contributed by atoms with van der Waals surface area (Å²) in [6.07, 6.45) is 0. The van der Waals surface area contributed by atoms with Crippen LogP contribution in [0.15, 0.2) is 4.60 Å². The summed E-state index contributed by atoms with van der Waals surface area (Å²) in [5.74, 6) is 2.02. The number of halogens is 1. The lowest BCUT2D eigenvalue weighted by molar-refractivity contribution is 0.0864. The van der Waals surface area contributed by atoms with Crippen LogP contribution in [0.25, 0.3) is 0 Å². The van der Waals surface area contributed by atoms with E-state index in [1.165, 1.54) is 4.68 Å². The van der Waals surface area contributed by atoms with E-state index in [-0.39, 0.29) is 11.8 Å². The van der Waals surface area contributed by atoms with Gasteiger partial charge >= 0.3 is 0 Å². The predicted octanol–water partition coefficient (Wildman–Crippen LogP) is 0.807. The first kappa shape index (κ1) is 12.1. The summed E-state index contributed by atoms with van der Waals surface area (Å²) >= 11 is 5.08. The molecule has 88 valence electrons. The Bertz CT molecular complexity index is 389. The third kappa shape index (κ3) is 2.16. The number of carbonyl (C=O) groups is 1. The molecule has 0 bridgehead atoms. The van der Waals surface area contributed by atoms with Crippen molar-refractivity contribution in [1.29, 1.82) is 0 Å². The number of hydrogen-bond acceptors (Lipinski definition) is 5. The summed E-state index contributed by atoms with van der Waals surface area (Å²) in [6, 6.07) is -0.0627. The van der Waals surface area contributed by atoms with Crippen molar-refractivity contribution in [1.82, 2.24) is 19.9 Å². The number of aromatic nitrogens is 3. The SMILES string of the molecule is CN1CCSCC1C(=O)c1c(Br)nnn1C. The molecule has 1 unspecified atom stereocenters. The van der Waals surface area contributed by atoms with Crippen molar-refractivity contribution >= 4 is 33.5 Å². The highest BCUT2D eigenvalue weighted by Gasteiger charge is 2.30. The molecule has 0 radical (unpaired) electrons. The van der Waals surface area contributed by atoms with E-state index in [0.29, 0.717) is 10.3 Å². The largest absolute Gasteiger partial charge is 0.295 e. The maximum absolute atomic E-state index is 12.3. The molecular formula is C9H13BrN4OS. The topological polar surface area (TPSA) is 51.0 Å². The highest BCUT2D eigenvalue weighted by atomic mass is 79.9. The quantitative estimate of drug-likeness (QED) is 0.757. The molecule has 0 saturated carbocycles. The fourth-order valence-electron chi connectivity index (χ4n) is 1.71. The molecule has 1 aliphatic heterocycles. The lowest BCUT2D eigenvalue weighted by Gasteiger charge is -2.30. The molecule has 0 amide bonds. The molecule has 5 nitrogen and oxygen atoms in total. The fraction of sp³-hybridized carbons (Fsp3) is 0.667. The lowest BCUT2D eigenvalue weighted by atomic mass is 10.1. The number of thioether (sulfide) groups is 1. The Balaban J connectivity index is 2.24. The normalized spacial score (nSPS) is 22.3. The van der Waals surface area contributed by atoms with Gasteiger partial charge in [-0.2, -0.15) is 11.8 Å². The van der Waals surface area contributed by atoms with Gasteiger partial charge in [-0.25, -0.2) is 4.68 Å². The van der Waals surface area contributed by atoms with Gasteiger partial charge in [0, 0.05) is 25.1 Å². The van der Waals surface area contributed by atoms with E-state index in [1.807, 2.05) is 18.8 Å². The van der Waals surface area contributed by atoms with Gasteiger partial charge in [0.15, 0.2) is 4.60 Å². The van der Waals surface area contributed by atoms with E-state index < -0.39 is 0 Å². The second-order valence-electron chi connectivity index (χ2n) is 3.79. The van der Waals surface area contributed by atoms with E-state index in [0.717, 1.165) is 18.1 Å². The molecule has 2 rings (SSSR count). The molecule has 1 fully saturated rings. The highest BCUT2D eigenvalue weighted by Crippen LogP contribution is 2.21. The minimum atomic E-state index is -0.0627. The Kier molecular flexibility index (Phi) is 3.66. The average molecular weight is 305 g/mol. The maximum Gasteiger partial charge on any atom is 0.201 e. The molecule has 1 aromatic heterocycles. The molecule has 0 aliphatic carbocycles. The molecule has 7 heteroatoms. The van der Waals surface area contributed by atoms with Gasteiger partial charge in [-0.1, -0.05) is 5.21 Å². The van der Waals surface area contributed by atoms with Crippen LogP contribution in [0.5, 0.6) is 0 Å². The number of carbonyl (C=O) groups excluding carboxylic acids is 1. The van der Waals surface area contributed by atoms with Gasteiger partial charge in [-0.15, -0.1) is 5.10 Å². The van der Waals surface area contributed by atoms with E-state index >= 15 is 0 Å². The molecule has 16 heavy (non-hydrogen) atoms. The highest BCUT2D eigenvalue weighted by molar-refractivity contribution is 9.10. The van der Waals surface area contributed by atoms with Crippen LogP contribution in [0.1, 0.15) is 10.5 Å². The summed E-state index contributed by atoms with van der Waals surface area (Å²) in [5.41, 5.74) is 0.555. The standard InChI is InChI=1S/C9H13BrN4OS/c1-13-3-4-16-5-6(13)8(15)7-9(10)11-12-14(7)2/h6H,3-5H2,1-2H3. The van der Waals surface area contributed by atoms with Crippen LogP contribution >= 0.6 is 27.7 Å². The number of nitrogens with zero attached hydrogens (tertiary/aromatic N) is 4. The summed E-state index contributed by atoms with van der Waals surface area (Å²) < 4.78 is 2.06. The second kappa shape index (κ2) is 4.85. The van der Waals surface area contributed by atoms with E-state index in [1.54, 1.807) is 7.05 Å². The van der Waals surface area contributed by atoms with Gasteiger partial charge in [0.05, 0.1) is 6.04 Å². The van der Waals surface area contributed by atoms with Crippen LogP contribution in [0.3, 0.4) is 0 Å². The Hall–Kier alpha value is -0.400. The van der Waals surface area contributed by atoms with Crippen LogP contribution in [0, 0.1) is 0 Å². The molecule has 1 aromatic rings. The Morgan fingerprint density at radius 3 is 2.88 bits per heavy atom. The van der Waals surface area contributed by atoms with Crippen LogP contribution < -0.4 is 0 Å². The predicted molar refractivity (Wildman–Crippen MR) is 66.8 cm³/mol. The number of hydrogen-bond donors (Lipinski definition) is 0. The van der Waals surface area contributed by atoms with Crippen molar-refractivity contribution in [3.63, 3.8) is 0 Å². The Morgan fingerprint density at radius 1 is 1.56 bits per heavy atom. The van der Waals surface area contributed by atoms with Gasteiger partial charge in [-0.05, 0) is 23.0 Å². The zero-order chi connectivity index (χ0) is 11.7.